The van der Waals surface area contributed by atoms with Crippen LogP contribution in [0.3, 0.4) is 0 Å². The third-order valence-corrected chi connectivity index (χ3v) is 5.01. The van der Waals surface area contributed by atoms with Crippen molar-refractivity contribution in [3.8, 4) is 11.5 Å². The zero-order valence-electron chi connectivity index (χ0n) is 15.6. The van der Waals surface area contributed by atoms with Crippen molar-refractivity contribution in [3.63, 3.8) is 0 Å². The summed E-state index contributed by atoms with van der Waals surface area (Å²) in [5, 5.41) is 14.1. The predicted octanol–water partition coefficient (Wildman–Crippen LogP) is 3.80. The van der Waals surface area contributed by atoms with Crippen molar-refractivity contribution >= 4 is 40.9 Å². The van der Waals surface area contributed by atoms with Gasteiger partial charge in [0.1, 0.15) is 0 Å². The maximum Gasteiger partial charge on any atom is 0.277 e. The number of anilines is 1. The summed E-state index contributed by atoms with van der Waals surface area (Å²) in [6.07, 6.45) is 0.807. The van der Waals surface area contributed by atoms with E-state index in [4.69, 9.17) is 16.0 Å². The Kier molecular flexibility index (Phi) is 7.26. The first-order chi connectivity index (χ1) is 14.0. The normalized spacial score (nSPS) is 10.6. The second-order valence-electron chi connectivity index (χ2n) is 6.00. The van der Waals surface area contributed by atoms with Crippen molar-refractivity contribution in [2.24, 2.45) is 0 Å². The van der Waals surface area contributed by atoms with E-state index in [1.807, 2.05) is 31.2 Å². The Bertz CT molecular complexity index is 991. The van der Waals surface area contributed by atoms with Crippen LogP contribution < -0.4 is 10.6 Å². The van der Waals surface area contributed by atoms with Gasteiger partial charge >= 0.3 is 0 Å². The smallest absolute Gasteiger partial charge is 0.277 e. The monoisotopic (exact) mass is 430 g/mol. The average Bonchev–Trinajstić information content (AvgIpc) is 3.21. The number of aryl methyl sites for hydroxylation is 1. The summed E-state index contributed by atoms with van der Waals surface area (Å²) in [7, 11) is 0. The molecule has 150 valence electrons. The number of aromatic nitrogens is 2. The number of hydrogen-bond donors (Lipinski definition) is 2. The first-order valence-electron chi connectivity index (χ1n) is 8.92. The molecule has 3 rings (SSSR count). The molecule has 0 fully saturated rings. The highest BCUT2D eigenvalue weighted by Crippen LogP contribution is 2.24. The highest BCUT2D eigenvalue weighted by atomic mass is 35.5. The third kappa shape index (κ3) is 6.07. The van der Waals surface area contributed by atoms with Gasteiger partial charge in [-0.3, -0.25) is 9.59 Å². The molecule has 9 heteroatoms. The number of thioether (sulfide) groups is 1. The Balaban J connectivity index is 1.44. The molecule has 2 N–H and O–H groups in total. The molecule has 0 unspecified atom stereocenters. The summed E-state index contributed by atoms with van der Waals surface area (Å²) in [6.45, 7) is 1.90. The van der Waals surface area contributed by atoms with Crippen molar-refractivity contribution in [1.29, 1.82) is 0 Å². The number of amides is 2. The Morgan fingerprint density at radius 1 is 1.07 bits per heavy atom. The van der Waals surface area contributed by atoms with E-state index in [1.165, 1.54) is 0 Å². The number of carbonyl (C=O) groups excluding carboxylic acids is 2. The van der Waals surface area contributed by atoms with Gasteiger partial charge in [0.05, 0.1) is 12.3 Å². The quantitative estimate of drug-likeness (QED) is 0.527. The Labute approximate surface area is 177 Å². The molecule has 0 aliphatic rings. The molecule has 0 bridgehead atoms. The van der Waals surface area contributed by atoms with Crippen LogP contribution in [0, 0.1) is 0 Å². The molecule has 2 amide bonds. The number of nitrogens with one attached hydrogen (secondary N) is 2. The molecule has 0 spiro atoms. The Morgan fingerprint density at radius 3 is 2.59 bits per heavy atom. The molecule has 0 aliphatic heterocycles. The lowest BCUT2D eigenvalue weighted by Gasteiger charge is -2.10. The van der Waals surface area contributed by atoms with E-state index in [0.29, 0.717) is 10.9 Å². The summed E-state index contributed by atoms with van der Waals surface area (Å²) in [5.74, 6) is -0.188. The molecule has 1 aromatic heterocycles. The second kappa shape index (κ2) is 10.1. The summed E-state index contributed by atoms with van der Waals surface area (Å²) < 4.78 is 5.53. The predicted molar refractivity (Wildman–Crippen MR) is 113 cm³/mol. The molecule has 0 saturated carbocycles. The number of hydrogen-bond acceptors (Lipinski definition) is 6. The number of para-hydroxylation sites is 1. The maximum absolute atomic E-state index is 12.1. The molecular formula is C20H19ClN4O3S. The van der Waals surface area contributed by atoms with Crippen molar-refractivity contribution in [3.05, 3.63) is 59.1 Å². The van der Waals surface area contributed by atoms with Gasteiger partial charge in [-0.05, 0) is 42.3 Å². The standard InChI is InChI=1S/C20H19ClN4O3S/c1-2-13-5-3-4-6-16(13)23-17(26)11-22-18(27)12-29-20-25-24-19(28-20)14-7-9-15(21)10-8-14/h3-10H,2,11-12H2,1H3,(H,22,27)(H,23,26). The fourth-order valence-corrected chi connectivity index (χ4v) is 3.20. The third-order valence-electron chi connectivity index (χ3n) is 3.94. The summed E-state index contributed by atoms with van der Waals surface area (Å²) in [4.78, 5) is 24.1. The van der Waals surface area contributed by atoms with Crippen LogP contribution in [0.4, 0.5) is 5.69 Å². The van der Waals surface area contributed by atoms with Crippen LogP contribution in [0.1, 0.15) is 12.5 Å². The number of nitrogens with zero attached hydrogens (tertiary/aromatic N) is 2. The van der Waals surface area contributed by atoms with Crippen LogP contribution in [0.25, 0.3) is 11.5 Å². The van der Waals surface area contributed by atoms with Crippen molar-refractivity contribution < 1.29 is 14.0 Å². The Hall–Kier alpha value is -2.84. The first kappa shape index (κ1) is 20.9. The largest absolute Gasteiger partial charge is 0.411 e. The minimum atomic E-state index is -0.305. The van der Waals surface area contributed by atoms with Gasteiger partial charge in [-0.25, -0.2) is 0 Å². The van der Waals surface area contributed by atoms with E-state index in [2.05, 4.69) is 20.8 Å². The van der Waals surface area contributed by atoms with E-state index in [-0.39, 0.29) is 29.3 Å². The lowest BCUT2D eigenvalue weighted by atomic mass is 10.1. The number of rotatable bonds is 8. The number of halogens is 1. The van der Waals surface area contributed by atoms with Crippen LogP contribution >= 0.6 is 23.4 Å². The highest BCUT2D eigenvalue weighted by molar-refractivity contribution is 7.99. The van der Waals surface area contributed by atoms with Gasteiger partial charge < -0.3 is 15.1 Å². The zero-order valence-corrected chi connectivity index (χ0v) is 17.2. The van der Waals surface area contributed by atoms with Gasteiger partial charge in [0.2, 0.25) is 17.7 Å². The van der Waals surface area contributed by atoms with E-state index in [1.54, 1.807) is 24.3 Å². The molecular weight excluding hydrogens is 412 g/mol. The van der Waals surface area contributed by atoms with Gasteiger partial charge in [-0.1, -0.05) is 48.5 Å². The van der Waals surface area contributed by atoms with E-state index >= 15 is 0 Å². The molecule has 0 aliphatic carbocycles. The maximum atomic E-state index is 12.1. The van der Waals surface area contributed by atoms with Crippen LogP contribution in [-0.4, -0.2) is 34.3 Å². The Morgan fingerprint density at radius 2 is 1.83 bits per heavy atom. The molecule has 7 nitrogen and oxygen atoms in total. The van der Waals surface area contributed by atoms with Crippen LogP contribution in [0.2, 0.25) is 5.02 Å². The van der Waals surface area contributed by atoms with Gasteiger partial charge in [0.25, 0.3) is 5.22 Å². The van der Waals surface area contributed by atoms with E-state index in [0.717, 1.165) is 35.0 Å². The number of benzene rings is 2. The van der Waals surface area contributed by atoms with Gasteiger partial charge in [0.15, 0.2) is 0 Å². The molecule has 1 heterocycles. The van der Waals surface area contributed by atoms with Gasteiger partial charge in [-0.2, -0.15) is 0 Å². The van der Waals surface area contributed by atoms with Crippen LogP contribution in [-0.2, 0) is 16.0 Å². The summed E-state index contributed by atoms with van der Waals surface area (Å²) >= 11 is 6.96. The minimum absolute atomic E-state index is 0.0566. The van der Waals surface area contributed by atoms with E-state index in [9.17, 15) is 9.59 Å². The van der Waals surface area contributed by atoms with Gasteiger partial charge in [-0.15, -0.1) is 10.2 Å². The fourth-order valence-electron chi connectivity index (χ4n) is 2.48. The van der Waals surface area contributed by atoms with Crippen LogP contribution in [0.15, 0.2) is 58.2 Å². The zero-order chi connectivity index (χ0) is 20.6. The molecule has 2 aromatic carbocycles. The van der Waals surface area contributed by atoms with E-state index < -0.39 is 0 Å². The summed E-state index contributed by atoms with van der Waals surface area (Å²) in [5.41, 5.74) is 2.53. The van der Waals surface area contributed by atoms with Crippen molar-refractivity contribution in [2.75, 3.05) is 17.6 Å². The lowest BCUT2D eigenvalue weighted by molar-refractivity contribution is -0.122. The van der Waals surface area contributed by atoms with Crippen LogP contribution in [0.5, 0.6) is 0 Å². The molecule has 3 aromatic rings. The fraction of sp³-hybridized carbons (Fsp3) is 0.200. The highest BCUT2D eigenvalue weighted by Gasteiger charge is 2.12. The first-order valence-corrected chi connectivity index (χ1v) is 10.3. The van der Waals surface area contributed by atoms with Gasteiger partial charge in [0, 0.05) is 16.3 Å². The summed E-state index contributed by atoms with van der Waals surface area (Å²) in [6, 6.07) is 14.6. The van der Waals surface area contributed by atoms with Crippen molar-refractivity contribution in [2.45, 2.75) is 18.6 Å². The molecule has 0 radical (unpaired) electrons. The van der Waals surface area contributed by atoms with Crippen molar-refractivity contribution in [1.82, 2.24) is 15.5 Å². The minimum Gasteiger partial charge on any atom is -0.411 e. The second-order valence-corrected chi connectivity index (χ2v) is 7.37. The lowest BCUT2D eigenvalue weighted by Crippen LogP contribution is -2.34. The SMILES string of the molecule is CCc1ccccc1NC(=O)CNC(=O)CSc1nnc(-c2ccc(Cl)cc2)o1. The molecule has 0 atom stereocenters. The average molecular weight is 431 g/mol. The topological polar surface area (TPSA) is 97.1 Å². The molecule has 0 saturated heterocycles. The number of carbonyl (C=O) groups is 2. The molecule has 29 heavy (non-hydrogen) atoms.